The van der Waals surface area contributed by atoms with E-state index < -0.39 is 5.97 Å². The fourth-order valence-corrected chi connectivity index (χ4v) is 0.182. The Kier molecular flexibility index (Phi) is 3.39. The number of nitrogens with two attached hydrogens (primary N) is 2. The molecular weight excluding hydrogens is 138 g/mol. The van der Waals surface area contributed by atoms with Crippen molar-refractivity contribution in [3.8, 4) is 0 Å². The Morgan fingerprint density at radius 2 is 2.30 bits per heavy atom. The Labute approximate surface area is 56.4 Å². The lowest BCUT2D eigenvalue weighted by molar-refractivity contribution is -0.128. The van der Waals surface area contributed by atoms with Gasteiger partial charge in [-0.3, -0.25) is 0 Å². The predicted octanol–water partition coefficient (Wildman–Crippen LogP) is -2.17. The Bertz CT molecular complexity index is 174. The second-order valence-electron chi connectivity index (χ2n) is 1.22. The molecule has 0 aliphatic rings. The molecule has 0 aromatic carbocycles. The second-order valence-corrected chi connectivity index (χ2v) is 1.22. The normalized spacial score (nSPS) is 11.8. The average Bonchev–Trinajstić information content (AvgIpc) is 1.87. The van der Waals surface area contributed by atoms with E-state index in [9.17, 15) is 4.79 Å². The van der Waals surface area contributed by atoms with Crippen LogP contribution >= 0.6 is 0 Å². The highest BCUT2D eigenvalue weighted by Crippen LogP contribution is 1.57. The minimum absolute atomic E-state index is 0.155. The van der Waals surface area contributed by atoms with E-state index in [2.05, 4.69) is 21.5 Å². The number of guanidine groups is 1. The molecule has 0 aliphatic heterocycles. The highest BCUT2D eigenvalue weighted by atomic mass is 16.4. The van der Waals surface area contributed by atoms with Gasteiger partial charge in [0.1, 0.15) is 6.21 Å². The molecule has 6 N–H and O–H groups in total. The largest absolute Gasteiger partial charge is 0.477 e. The number of aliphatic carboxylic acids is 1. The zero-order valence-corrected chi connectivity index (χ0v) is 4.98. The maximum atomic E-state index is 9.77. The molecule has 0 spiro atoms. The summed E-state index contributed by atoms with van der Waals surface area (Å²) < 4.78 is 0. The van der Waals surface area contributed by atoms with Crippen LogP contribution in [0.25, 0.3) is 0 Å². The molecule has 10 heavy (non-hydrogen) atoms. The van der Waals surface area contributed by atoms with Gasteiger partial charge >= 0.3 is 5.97 Å². The third kappa shape index (κ3) is 4.37. The molecule has 0 saturated carbocycles. The number of hydrogen-bond donors (Lipinski definition) is 4. The zero-order chi connectivity index (χ0) is 7.98. The van der Waals surface area contributed by atoms with E-state index in [4.69, 9.17) is 10.8 Å². The first-order chi connectivity index (χ1) is 4.66. The SMILES string of the molecule is NN=C(N)NN=CC(=O)O. The van der Waals surface area contributed by atoms with Crippen LogP contribution in [0.4, 0.5) is 0 Å². The van der Waals surface area contributed by atoms with Gasteiger partial charge < -0.3 is 16.7 Å². The molecule has 0 fully saturated rings. The number of carboxylic acid groups (broad SMARTS) is 1. The number of hydrogen-bond acceptors (Lipinski definition) is 4. The Balaban J connectivity index is 3.64. The van der Waals surface area contributed by atoms with Crippen LogP contribution in [-0.4, -0.2) is 23.2 Å². The molecule has 7 nitrogen and oxygen atoms in total. The molecule has 0 aromatic rings. The predicted molar refractivity (Wildman–Crippen MR) is 35.1 cm³/mol. The fraction of sp³-hybridized carbons (Fsp3) is 0. The van der Waals surface area contributed by atoms with E-state index in [1.165, 1.54) is 0 Å². The second kappa shape index (κ2) is 4.13. The average molecular weight is 145 g/mol. The minimum Gasteiger partial charge on any atom is -0.477 e. The highest BCUT2D eigenvalue weighted by molar-refractivity contribution is 6.22. The lowest BCUT2D eigenvalue weighted by atomic mass is 10.8. The highest BCUT2D eigenvalue weighted by Gasteiger charge is 1.86. The summed E-state index contributed by atoms with van der Waals surface area (Å²) in [7, 11) is 0. The van der Waals surface area contributed by atoms with Gasteiger partial charge in [-0.05, 0) is 0 Å². The van der Waals surface area contributed by atoms with Crippen LogP contribution in [0.15, 0.2) is 10.2 Å². The molecule has 0 heterocycles. The van der Waals surface area contributed by atoms with E-state index in [0.717, 1.165) is 0 Å². The lowest BCUT2D eigenvalue weighted by Gasteiger charge is -1.92. The van der Waals surface area contributed by atoms with Crippen LogP contribution in [-0.2, 0) is 4.79 Å². The molecule has 0 aromatic heterocycles. The van der Waals surface area contributed by atoms with Gasteiger partial charge in [0.15, 0.2) is 0 Å². The molecule has 0 unspecified atom stereocenters. The van der Waals surface area contributed by atoms with Crippen LogP contribution in [0.1, 0.15) is 0 Å². The Morgan fingerprint density at radius 1 is 1.70 bits per heavy atom. The number of carboxylic acids is 1. The molecular formula is C3H7N5O2. The number of rotatable bonds is 2. The summed E-state index contributed by atoms with van der Waals surface area (Å²) in [5.41, 5.74) is 7.02. The van der Waals surface area contributed by atoms with E-state index in [1.54, 1.807) is 0 Å². The summed E-state index contributed by atoms with van der Waals surface area (Å²) >= 11 is 0. The fourth-order valence-electron chi connectivity index (χ4n) is 0.182. The van der Waals surface area contributed by atoms with Gasteiger partial charge in [0.25, 0.3) is 0 Å². The number of carbonyl (C=O) groups is 1. The van der Waals surface area contributed by atoms with E-state index in [-0.39, 0.29) is 5.96 Å². The number of nitrogens with zero attached hydrogens (tertiary/aromatic N) is 2. The quantitative estimate of drug-likeness (QED) is 0.152. The first kappa shape index (κ1) is 8.21. The molecule has 0 bridgehead atoms. The van der Waals surface area contributed by atoms with Crippen LogP contribution in [0, 0.1) is 0 Å². The monoisotopic (exact) mass is 145 g/mol. The zero-order valence-electron chi connectivity index (χ0n) is 4.98. The van der Waals surface area contributed by atoms with Crippen LogP contribution in [0.5, 0.6) is 0 Å². The smallest absolute Gasteiger partial charge is 0.348 e. The van der Waals surface area contributed by atoms with Crippen LogP contribution in [0.3, 0.4) is 0 Å². The molecule has 56 valence electrons. The standard InChI is InChI=1S/C3H7N5O2/c4-3(7-5)8-6-1-2(9)10/h1H,5H2,(H,9,10)(H3,4,7,8). The van der Waals surface area contributed by atoms with Crippen molar-refractivity contribution in [1.29, 1.82) is 0 Å². The molecule has 0 amide bonds. The summed E-state index contributed by atoms with van der Waals surface area (Å²) in [5.74, 6) is 3.33. The Hall–Kier alpha value is -1.79. The molecule has 0 rings (SSSR count). The molecule has 7 heteroatoms. The molecule has 0 radical (unpaired) electrons. The van der Waals surface area contributed by atoms with E-state index in [1.807, 2.05) is 0 Å². The van der Waals surface area contributed by atoms with Crippen molar-refractivity contribution in [1.82, 2.24) is 5.43 Å². The Morgan fingerprint density at radius 3 is 2.70 bits per heavy atom. The van der Waals surface area contributed by atoms with Crippen molar-refractivity contribution in [2.24, 2.45) is 21.8 Å². The maximum Gasteiger partial charge on any atom is 0.348 e. The van der Waals surface area contributed by atoms with E-state index >= 15 is 0 Å². The molecule has 0 aliphatic carbocycles. The van der Waals surface area contributed by atoms with Crippen molar-refractivity contribution in [2.75, 3.05) is 0 Å². The van der Waals surface area contributed by atoms with E-state index in [0.29, 0.717) is 6.21 Å². The number of hydrazone groups is 2. The topological polar surface area (TPSA) is 126 Å². The van der Waals surface area contributed by atoms with Crippen LogP contribution in [0.2, 0.25) is 0 Å². The summed E-state index contributed by atoms with van der Waals surface area (Å²) in [6, 6.07) is 0. The van der Waals surface area contributed by atoms with Crippen molar-refractivity contribution < 1.29 is 9.90 Å². The molecule has 0 atom stereocenters. The van der Waals surface area contributed by atoms with Crippen molar-refractivity contribution in [3.63, 3.8) is 0 Å². The lowest BCUT2D eigenvalue weighted by Crippen LogP contribution is -2.28. The van der Waals surface area contributed by atoms with Gasteiger partial charge in [0.05, 0.1) is 0 Å². The summed E-state index contributed by atoms with van der Waals surface area (Å²) in [6.07, 6.45) is 0.623. The third-order valence-electron chi connectivity index (χ3n) is 0.493. The van der Waals surface area contributed by atoms with Gasteiger partial charge in [-0.15, -0.1) is 5.10 Å². The summed E-state index contributed by atoms with van der Waals surface area (Å²) in [4.78, 5) is 9.77. The maximum absolute atomic E-state index is 9.77. The van der Waals surface area contributed by atoms with Crippen molar-refractivity contribution in [2.45, 2.75) is 0 Å². The molecule has 0 saturated heterocycles. The first-order valence-electron chi connectivity index (χ1n) is 2.22. The summed E-state index contributed by atoms with van der Waals surface area (Å²) in [5, 5.41) is 14.1. The number of nitrogens with one attached hydrogen (secondary N) is 1. The minimum atomic E-state index is -1.18. The van der Waals surface area contributed by atoms with Crippen LogP contribution < -0.4 is 17.0 Å². The van der Waals surface area contributed by atoms with Crippen molar-refractivity contribution in [3.05, 3.63) is 0 Å². The van der Waals surface area contributed by atoms with Gasteiger partial charge in [-0.1, -0.05) is 0 Å². The van der Waals surface area contributed by atoms with Crippen molar-refractivity contribution >= 4 is 18.1 Å². The summed E-state index contributed by atoms with van der Waals surface area (Å²) in [6.45, 7) is 0. The third-order valence-corrected chi connectivity index (χ3v) is 0.493. The van der Waals surface area contributed by atoms with Gasteiger partial charge in [-0.25, -0.2) is 10.2 Å². The first-order valence-corrected chi connectivity index (χ1v) is 2.22. The van der Waals surface area contributed by atoms with Gasteiger partial charge in [0.2, 0.25) is 5.96 Å². The van der Waals surface area contributed by atoms with Gasteiger partial charge in [0, 0.05) is 0 Å². The van der Waals surface area contributed by atoms with Gasteiger partial charge in [-0.2, -0.15) is 5.10 Å².